The van der Waals surface area contributed by atoms with Gasteiger partial charge < -0.3 is 10.1 Å². The number of alkyl halides is 7. The highest BCUT2D eigenvalue weighted by atomic mass is 35.5. The van der Waals surface area contributed by atoms with Gasteiger partial charge in [-0.25, -0.2) is 23.1 Å². The van der Waals surface area contributed by atoms with Crippen LogP contribution in [0.2, 0.25) is 0 Å². The first kappa shape index (κ1) is 26.5. The van der Waals surface area contributed by atoms with Gasteiger partial charge in [-0.3, -0.25) is 14.5 Å². The van der Waals surface area contributed by atoms with Gasteiger partial charge in [0.1, 0.15) is 12.1 Å². The van der Waals surface area contributed by atoms with Gasteiger partial charge in [0.05, 0.1) is 0 Å². The summed E-state index contributed by atoms with van der Waals surface area (Å²) in [6, 6.07) is 2.72. The van der Waals surface area contributed by atoms with Crippen LogP contribution in [0.25, 0.3) is 0 Å². The van der Waals surface area contributed by atoms with E-state index in [2.05, 4.69) is 20.0 Å². The molecule has 0 aliphatic heterocycles. The molecule has 0 unspecified atom stereocenters. The summed E-state index contributed by atoms with van der Waals surface area (Å²) in [5, 5.41) is 2.45. The topological polar surface area (TPSA) is 84.4 Å². The molecule has 1 heterocycles. The average molecular weight is 525 g/mol. The predicted octanol–water partition coefficient (Wildman–Crippen LogP) is 4.46. The average Bonchev–Trinajstić information content (AvgIpc) is 3.12. The standard InChI is InChI=1S/C21H19ClF6N4O3/c1-19(12-9-29-11-30-10-12,18(34)31-13-6-7-20(24,25)8-13)32(17(33)16(22)23)14-2-4-15(5-3-14)35-21(26,27)28/h2-5,9-11,13,16H,6-8H2,1H3,(H,31,34)/t13-,16-,19+/m0/s1. The first-order valence-corrected chi connectivity index (χ1v) is 10.6. The predicted molar refractivity (Wildman–Crippen MR) is 111 cm³/mol. The molecule has 1 aliphatic rings. The van der Waals surface area contributed by atoms with Crippen LogP contribution in [-0.4, -0.2) is 45.7 Å². The zero-order chi connectivity index (χ0) is 26.0. The Morgan fingerprint density at radius 2 is 1.80 bits per heavy atom. The molecule has 1 fully saturated rings. The molecule has 3 atom stereocenters. The van der Waals surface area contributed by atoms with Gasteiger partial charge in [-0.15, -0.1) is 13.2 Å². The second-order valence-corrected chi connectivity index (χ2v) is 8.37. The highest BCUT2D eigenvalue weighted by Gasteiger charge is 2.49. The van der Waals surface area contributed by atoms with E-state index in [1.165, 1.54) is 6.92 Å². The van der Waals surface area contributed by atoms with E-state index >= 15 is 0 Å². The minimum absolute atomic E-state index is 0.0384. The van der Waals surface area contributed by atoms with Gasteiger partial charge in [0.15, 0.2) is 5.54 Å². The minimum atomic E-state index is -4.99. The summed E-state index contributed by atoms with van der Waals surface area (Å²) < 4.78 is 82.8. The number of benzene rings is 1. The Morgan fingerprint density at radius 1 is 1.20 bits per heavy atom. The van der Waals surface area contributed by atoms with Crippen molar-refractivity contribution in [2.45, 2.75) is 55.7 Å². The molecule has 1 saturated carbocycles. The van der Waals surface area contributed by atoms with Crippen LogP contribution in [0.3, 0.4) is 0 Å². The minimum Gasteiger partial charge on any atom is -0.406 e. The molecule has 1 aromatic heterocycles. The van der Waals surface area contributed by atoms with Gasteiger partial charge in [-0.1, -0.05) is 11.6 Å². The van der Waals surface area contributed by atoms with E-state index in [4.69, 9.17) is 11.6 Å². The Kier molecular flexibility index (Phi) is 7.48. The van der Waals surface area contributed by atoms with Crippen molar-refractivity contribution in [3.8, 4) is 5.75 Å². The molecule has 0 bridgehead atoms. The van der Waals surface area contributed by atoms with E-state index in [0.29, 0.717) is 4.90 Å². The van der Waals surface area contributed by atoms with E-state index in [0.717, 1.165) is 43.0 Å². The molecule has 1 aromatic carbocycles. The quantitative estimate of drug-likeness (QED) is 0.427. The van der Waals surface area contributed by atoms with Crippen LogP contribution in [0.5, 0.6) is 5.75 Å². The summed E-state index contributed by atoms with van der Waals surface area (Å²) in [5.74, 6) is -6.04. The number of anilines is 1. The Balaban J connectivity index is 2.07. The van der Waals surface area contributed by atoms with Crippen molar-refractivity contribution >= 4 is 29.1 Å². The molecular weight excluding hydrogens is 506 g/mol. The van der Waals surface area contributed by atoms with Crippen LogP contribution in [-0.2, 0) is 15.1 Å². The summed E-state index contributed by atoms with van der Waals surface area (Å²) in [5.41, 5.74) is -5.06. The van der Waals surface area contributed by atoms with Crippen LogP contribution in [0, 0.1) is 0 Å². The fourth-order valence-electron chi connectivity index (χ4n) is 3.81. The summed E-state index contributed by atoms with van der Waals surface area (Å²) >= 11 is 5.40. The van der Waals surface area contributed by atoms with Crippen molar-refractivity contribution in [3.63, 3.8) is 0 Å². The number of aromatic nitrogens is 2. The summed E-state index contributed by atoms with van der Waals surface area (Å²) in [6.07, 6.45) is -2.71. The SMILES string of the molecule is C[C@](C(=O)N[C@H]1CCC(F)(F)C1)(c1cncnc1)N(C(=O)[C@H](F)Cl)c1ccc(OC(F)(F)F)cc1. The summed E-state index contributed by atoms with van der Waals surface area (Å²) in [6.45, 7) is 1.19. The monoisotopic (exact) mass is 524 g/mol. The molecule has 2 amide bonds. The first-order valence-electron chi connectivity index (χ1n) is 10.2. The van der Waals surface area contributed by atoms with Crippen molar-refractivity contribution < 1.29 is 40.7 Å². The van der Waals surface area contributed by atoms with Gasteiger partial charge in [-0.05, 0) is 37.6 Å². The van der Waals surface area contributed by atoms with Crippen LogP contribution < -0.4 is 15.0 Å². The Hall–Kier alpha value is -3.09. The number of nitrogens with zero attached hydrogens (tertiary/aromatic N) is 3. The highest BCUT2D eigenvalue weighted by molar-refractivity contribution is 6.32. The third kappa shape index (κ3) is 6.13. The van der Waals surface area contributed by atoms with E-state index < -0.39 is 59.9 Å². The molecule has 2 aromatic rings. The molecular formula is C21H19ClF6N4O3. The fraction of sp³-hybridized carbons (Fsp3) is 0.429. The van der Waals surface area contributed by atoms with Gasteiger partial charge >= 0.3 is 6.36 Å². The second kappa shape index (κ2) is 9.88. The van der Waals surface area contributed by atoms with Crippen molar-refractivity contribution in [1.29, 1.82) is 0 Å². The lowest BCUT2D eigenvalue weighted by Crippen LogP contribution is -2.59. The lowest BCUT2D eigenvalue weighted by atomic mass is 9.89. The van der Waals surface area contributed by atoms with Crippen molar-refractivity contribution in [1.82, 2.24) is 15.3 Å². The number of carbonyl (C=O) groups excluding carboxylic acids is 2. The zero-order valence-corrected chi connectivity index (χ0v) is 18.8. The van der Waals surface area contributed by atoms with Crippen LogP contribution in [0.4, 0.5) is 32.0 Å². The van der Waals surface area contributed by atoms with Crippen molar-refractivity contribution in [2.24, 2.45) is 0 Å². The Bertz CT molecular complexity index is 1060. The number of halogens is 7. The van der Waals surface area contributed by atoms with Crippen LogP contribution in [0.15, 0.2) is 43.0 Å². The normalized spacial score (nSPS) is 19.9. The smallest absolute Gasteiger partial charge is 0.406 e. The molecule has 190 valence electrons. The zero-order valence-electron chi connectivity index (χ0n) is 18.0. The van der Waals surface area contributed by atoms with Crippen molar-refractivity contribution in [2.75, 3.05) is 4.90 Å². The molecule has 14 heteroatoms. The molecule has 1 aliphatic carbocycles. The fourth-order valence-corrected chi connectivity index (χ4v) is 3.91. The lowest BCUT2D eigenvalue weighted by molar-refractivity contribution is -0.274. The van der Waals surface area contributed by atoms with Gasteiger partial charge in [0.25, 0.3) is 17.4 Å². The summed E-state index contributed by atoms with van der Waals surface area (Å²) in [7, 11) is 0. The maximum Gasteiger partial charge on any atom is 0.573 e. The molecule has 35 heavy (non-hydrogen) atoms. The van der Waals surface area contributed by atoms with E-state index in [9.17, 15) is 35.9 Å². The Labute approximate surface area is 200 Å². The number of nitrogens with one attached hydrogen (secondary N) is 1. The third-order valence-electron chi connectivity index (χ3n) is 5.49. The maximum atomic E-state index is 14.1. The number of rotatable bonds is 7. The van der Waals surface area contributed by atoms with Gasteiger partial charge in [0.2, 0.25) is 5.92 Å². The molecule has 3 rings (SSSR count). The first-order chi connectivity index (χ1) is 16.2. The van der Waals surface area contributed by atoms with Crippen LogP contribution in [0.1, 0.15) is 31.7 Å². The summed E-state index contributed by atoms with van der Waals surface area (Å²) in [4.78, 5) is 34.6. The Morgan fingerprint density at radius 3 is 2.29 bits per heavy atom. The van der Waals surface area contributed by atoms with Gasteiger partial charge in [0, 0.05) is 42.5 Å². The van der Waals surface area contributed by atoms with Gasteiger partial charge in [-0.2, -0.15) is 0 Å². The largest absolute Gasteiger partial charge is 0.573 e. The molecule has 7 nitrogen and oxygen atoms in total. The number of amides is 2. The van der Waals surface area contributed by atoms with E-state index in [1.54, 1.807) is 0 Å². The molecule has 1 N–H and O–H groups in total. The second-order valence-electron chi connectivity index (χ2n) is 7.98. The number of hydrogen-bond acceptors (Lipinski definition) is 5. The van der Waals surface area contributed by atoms with E-state index in [1.807, 2.05) is 0 Å². The van der Waals surface area contributed by atoms with E-state index in [-0.39, 0.29) is 17.7 Å². The molecule has 0 radical (unpaired) electrons. The molecule has 0 spiro atoms. The molecule has 0 saturated heterocycles. The maximum absolute atomic E-state index is 14.1. The number of ether oxygens (including phenoxy) is 1. The number of carbonyl (C=O) groups is 2. The highest BCUT2D eigenvalue weighted by Crippen LogP contribution is 2.38. The third-order valence-corrected chi connectivity index (χ3v) is 5.67. The van der Waals surface area contributed by atoms with Crippen molar-refractivity contribution in [3.05, 3.63) is 48.5 Å². The number of hydrogen-bond donors (Lipinski definition) is 1. The lowest BCUT2D eigenvalue weighted by Gasteiger charge is -2.40. The van der Waals surface area contributed by atoms with Crippen LogP contribution >= 0.6 is 11.6 Å².